The van der Waals surface area contributed by atoms with Crippen LogP contribution in [0.2, 0.25) is 20.1 Å². The average Bonchev–Trinajstić information content (AvgIpc) is 2.56. The van der Waals surface area contributed by atoms with Gasteiger partial charge in [0.15, 0.2) is 0 Å². The minimum absolute atomic E-state index is 0.142. The highest BCUT2D eigenvalue weighted by molar-refractivity contribution is 6.43. The van der Waals surface area contributed by atoms with Gasteiger partial charge in [-0.3, -0.25) is 5.41 Å². The molecule has 0 saturated carbocycles. The summed E-state index contributed by atoms with van der Waals surface area (Å²) in [4.78, 5) is 0. The van der Waals surface area contributed by atoms with Crippen LogP contribution in [-0.2, 0) is 6.61 Å². The van der Waals surface area contributed by atoms with Crippen molar-refractivity contribution in [2.75, 3.05) is 0 Å². The van der Waals surface area contributed by atoms with Crippen LogP contribution in [0.1, 0.15) is 11.1 Å². The van der Waals surface area contributed by atoms with E-state index in [1.54, 1.807) is 30.3 Å². The zero-order chi connectivity index (χ0) is 17.7. The summed E-state index contributed by atoms with van der Waals surface area (Å²) in [5, 5.41) is 13.2. The van der Waals surface area contributed by atoms with E-state index in [0.717, 1.165) is 11.5 Å². The molecule has 0 bridgehead atoms. The Morgan fingerprint density at radius 2 is 1.92 bits per heavy atom. The zero-order valence-electron chi connectivity index (χ0n) is 12.1. The van der Waals surface area contributed by atoms with Crippen molar-refractivity contribution in [1.82, 2.24) is 5.12 Å². The monoisotopic (exact) mass is 404 g/mol. The zero-order valence-corrected chi connectivity index (χ0v) is 15.2. The number of nitrogens with zero attached hydrogens (tertiary/aromatic N) is 2. The number of nitrogens with two attached hydrogens (primary N) is 1. The van der Waals surface area contributed by atoms with Gasteiger partial charge in [0, 0.05) is 16.1 Å². The van der Waals surface area contributed by atoms with Gasteiger partial charge in [-0.05, 0) is 18.2 Å². The Bertz CT molecular complexity index is 782. The Morgan fingerprint density at radius 1 is 1.17 bits per heavy atom. The molecule has 24 heavy (non-hydrogen) atoms. The first-order chi connectivity index (χ1) is 11.4. The molecular weight excluding hydrogens is 394 g/mol. The van der Waals surface area contributed by atoms with E-state index >= 15 is 0 Å². The van der Waals surface area contributed by atoms with E-state index in [0.29, 0.717) is 37.0 Å². The summed E-state index contributed by atoms with van der Waals surface area (Å²) >= 11 is 24.4. The molecule has 0 fully saturated rings. The van der Waals surface area contributed by atoms with Crippen LogP contribution in [0.5, 0.6) is 5.75 Å². The van der Waals surface area contributed by atoms with Gasteiger partial charge in [0.05, 0.1) is 21.3 Å². The molecule has 0 spiro atoms. The molecule has 2 aromatic carbocycles. The lowest BCUT2D eigenvalue weighted by Crippen LogP contribution is -2.22. The Morgan fingerprint density at radius 3 is 2.62 bits per heavy atom. The van der Waals surface area contributed by atoms with Crippen molar-refractivity contribution in [3.05, 3.63) is 61.5 Å². The molecule has 0 aliphatic rings. The van der Waals surface area contributed by atoms with Gasteiger partial charge in [-0.2, -0.15) is 10.2 Å². The van der Waals surface area contributed by atoms with Crippen molar-refractivity contribution in [3.63, 3.8) is 0 Å². The molecule has 0 atom stereocenters. The molecule has 0 aliphatic carbocycles. The van der Waals surface area contributed by atoms with E-state index in [4.69, 9.17) is 62.4 Å². The Labute approximate surface area is 159 Å². The summed E-state index contributed by atoms with van der Waals surface area (Å²) in [7, 11) is 0. The summed E-state index contributed by atoms with van der Waals surface area (Å²) < 4.78 is 5.70. The van der Waals surface area contributed by atoms with Crippen LogP contribution in [0, 0.1) is 5.41 Å². The number of benzene rings is 2. The van der Waals surface area contributed by atoms with Crippen molar-refractivity contribution in [2.24, 2.45) is 10.9 Å². The third-order valence-corrected chi connectivity index (χ3v) is 4.37. The molecule has 0 aliphatic heterocycles. The fourth-order valence-electron chi connectivity index (χ4n) is 1.77. The number of rotatable bonds is 6. The number of ether oxygens (including phenoxy) is 1. The van der Waals surface area contributed by atoms with Crippen LogP contribution in [0.4, 0.5) is 0 Å². The Kier molecular flexibility index (Phi) is 6.71. The fraction of sp³-hybridized carbons (Fsp3) is 0.0667. The number of halogens is 4. The van der Waals surface area contributed by atoms with Gasteiger partial charge in [0.1, 0.15) is 18.7 Å². The van der Waals surface area contributed by atoms with Crippen LogP contribution in [0.25, 0.3) is 0 Å². The summed E-state index contributed by atoms with van der Waals surface area (Å²) in [6.45, 7) is 0.142. The maximum absolute atomic E-state index is 6.96. The summed E-state index contributed by atoms with van der Waals surface area (Å²) in [5.41, 5.74) is 1.22. The van der Waals surface area contributed by atoms with Crippen LogP contribution in [0.3, 0.4) is 0 Å². The topological polar surface area (TPSA) is 74.7 Å². The van der Waals surface area contributed by atoms with Crippen LogP contribution in [-0.4, -0.2) is 17.7 Å². The van der Waals surface area contributed by atoms with E-state index in [2.05, 4.69) is 5.10 Å². The van der Waals surface area contributed by atoms with Gasteiger partial charge >= 0.3 is 0 Å². The number of hydrazone groups is 1. The summed E-state index contributed by atoms with van der Waals surface area (Å²) in [6, 6.07) is 8.42. The maximum Gasteiger partial charge on any atom is 0.139 e. The molecular formula is C15H12Cl4N4O. The molecule has 2 aromatic rings. The average molecular weight is 406 g/mol. The second kappa shape index (κ2) is 8.55. The van der Waals surface area contributed by atoms with Crippen molar-refractivity contribution in [3.8, 4) is 5.75 Å². The maximum atomic E-state index is 6.96. The molecule has 0 heterocycles. The Hall–Kier alpha value is -1.50. The predicted molar refractivity (Wildman–Crippen MR) is 99.7 cm³/mol. The van der Waals surface area contributed by atoms with Gasteiger partial charge in [0.25, 0.3) is 0 Å². The second-order valence-electron chi connectivity index (χ2n) is 4.56. The van der Waals surface area contributed by atoms with E-state index in [-0.39, 0.29) is 6.61 Å². The molecule has 2 rings (SSSR count). The third kappa shape index (κ3) is 4.75. The Balaban J connectivity index is 2.19. The number of hydrogen-bond acceptors (Lipinski definition) is 4. The van der Waals surface area contributed by atoms with Crippen LogP contribution in [0.15, 0.2) is 35.4 Å². The first kappa shape index (κ1) is 18.8. The molecule has 0 amide bonds. The van der Waals surface area contributed by atoms with Gasteiger partial charge < -0.3 is 4.74 Å². The molecule has 3 N–H and O–H groups in total. The van der Waals surface area contributed by atoms with Crippen LogP contribution >= 0.6 is 46.4 Å². The first-order valence-corrected chi connectivity index (χ1v) is 8.06. The highest BCUT2D eigenvalue weighted by atomic mass is 35.5. The molecule has 0 radical (unpaired) electrons. The van der Waals surface area contributed by atoms with Gasteiger partial charge in [-0.25, -0.2) is 5.84 Å². The fourth-order valence-corrected chi connectivity index (χ4v) is 2.70. The largest absolute Gasteiger partial charge is 0.487 e. The minimum Gasteiger partial charge on any atom is -0.487 e. The molecule has 0 saturated heterocycles. The highest BCUT2D eigenvalue weighted by Gasteiger charge is 2.10. The van der Waals surface area contributed by atoms with Gasteiger partial charge in [-0.15, -0.1) is 0 Å². The molecule has 126 valence electrons. The standard InChI is InChI=1S/C15H12Cl4N4O/c16-11-4-10(14(18)12(17)5-11)7-24-13-3-1-2-9(15(13)19)6-22-23(21)8-20/h1-6,8,20H,7,21H2/b20-8?,22-6+. The quantitative estimate of drug-likeness (QED) is 0.233. The lowest BCUT2D eigenvalue weighted by molar-refractivity contribution is 0.306. The third-order valence-electron chi connectivity index (χ3n) is 2.91. The first-order valence-electron chi connectivity index (χ1n) is 6.55. The van der Waals surface area contributed by atoms with Crippen molar-refractivity contribution < 1.29 is 4.74 Å². The number of hydrazine groups is 1. The summed E-state index contributed by atoms with van der Waals surface area (Å²) in [5.74, 6) is 5.80. The predicted octanol–water partition coefficient (Wildman–Crippen LogP) is 5.00. The molecule has 0 unspecified atom stereocenters. The summed E-state index contributed by atoms with van der Waals surface area (Å²) in [6.07, 6.45) is 2.28. The second-order valence-corrected chi connectivity index (χ2v) is 6.16. The lowest BCUT2D eigenvalue weighted by Gasteiger charge is -2.12. The lowest BCUT2D eigenvalue weighted by atomic mass is 10.2. The minimum atomic E-state index is 0.142. The van der Waals surface area contributed by atoms with Crippen molar-refractivity contribution >= 4 is 59.0 Å². The molecule has 9 heteroatoms. The van der Waals surface area contributed by atoms with E-state index in [1.165, 1.54) is 6.21 Å². The van der Waals surface area contributed by atoms with E-state index < -0.39 is 0 Å². The van der Waals surface area contributed by atoms with E-state index in [9.17, 15) is 0 Å². The van der Waals surface area contributed by atoms with E-state index in [1.807, 2.05) is 0 Å². The number of nitrogens with one attached hydrogen (secondary N) is 1. The van der Waals surface area contributed by atoms with Crippen LogP contribution < -0.4 is 10.6 Å². The normalized spacial score (nSPS) is 10.9. The number of hydrogen-bond donors (Lipinski definition) is 2. The van der Waals surface area contributed by atoms with Gasteiger partial charge in [-0.1, -0.05) is 58.5 Å². The smallest absolute Gasteiger partial charge is 0.139 e. The highest BCUT2D eigenvalue weighted by Crippen LogP contribution is 2.32. The molecule has 5 nitrogen and oxygen atoms in total. The SMILES string of the molecule is N=CN(N)/N=C/c1cccc(OCc2cc(Cl)cc(Cl)c2Cl)c1Cl. The molecule has 0 aromatic heterocycles. The van der Waals surface area contributed by atoms with Crippen molar-refractivity contribution in [1.29, 1.82) is 5.41 Å². The van der Waals surface area contributed by atoms with Crippen molar-refractivity contribution in [2.45, 2.75) is 6.61 Å². The van der Waals surface area contributed by atoms with Gasteiger partial charge in [0.2, 0.25) is 0 Å².